The summed E-state index contributed by atoms with van der Waals surface area (Å²) in [5, 5.41) is 0. The van der Waals surface area contributed by atoms with Crippen molar-refractivity contribution in [1.82, 2.24) is 0 Å². The van der Waals surface area contributed by atoms with Gasteiger partial charge >= 0.3 is 0 Å². The fourth-order valence-corrected chi connectivity index (χ4v) is 2.76. The molecule has 18 heavy (non-hydrogen) atoms. The number of benzene rings is 1. The molecule has 0 N–H and O–H groups in total. The SMILES string of the molecule is CCCCCCCCc1c(C)c(C)cc(C)c1C. The Hall–Kier alpha value is -0.780. The molecule has 0 radical (unpaired) electrons. The number of aryl methyl sites for hydroxylation is 2. The summed E-state index contributed by atoms with van der Waals surface area (Å²) in [6.45, 7) is 11.3. The highest BCUT2D eigenvalue weighted by atomic mass is 14.1. The van der Waals surface area contributed by atoms with E-state index in [1.165, 1.54) is 67.2 Å². The van der Waals surface area contributed by atoms with Gasteiger partial charge in [0.05, 0.1) is 0 Å². The van der Waals surface area contributed by atoms with Crippen LogP contribution in [-0.2, 0) is 6.42 Å². The summed E-state index contributed by atoms with van der Waals surface area (Å²) in [7, 11) is 0. The first kappa shape index (κ1) is 15.3. The zero-order valence-electron chi connectivity index (χ0n) is 13.0. The molecular formula is C18H30. The third kappa shape index (κ3) is 4.15. The van der Waals surface area contributed by atoms with Crippen molar-refractivity contribution in [3.05, 3.63) is 33.9 Å². The van der Waals surface area contributed by atoms with E-state index in [1.807, 2.05) is 0 Å². The molecule has 0 saturated carbocycles. The van der Waals surface area contributed by atoms with E-state index in [0.29, 0.717) is 0 Å². The van der Waals surface area contributed by atoms with Crippen LogP contribution in [0.25, 0.3) is 0 Å². The van der Waals surface area contributed by atoms with Gasteiger partial charge in [-0.25, -0.2) is 0 Å². The highest BCUT2D eigenvalue weighted by Crippen LogP contribution is 2.23. The Labute approximate surface area is 114 Å². The van der Waals surface area contributed by atoms with Crippen LogP contribution in [0, 0.1) is 27.7 Å². The van der Waals surface area contributed by atoms with Crippen molar-refractivity contribution >= 4 is 0 Å². The van der Waals surface area contributed by atoms with Crippen molar-refractivity contribution in [3.63, 3.8) is 0 Å². The van der Waals surface area contributed by atoms with Crippen molar-refractivity contribution < 1.29 is 0 Å². The second-order valence-corrected chi connectivity index (χ2v) is 5.76. The maximum atomic E-state index is 2.33. The zero-order chi connectivity index (χ0) is 13.5. The summed E-state index contributed by atoms with van der Waals surface area (Å²) < 4.78 is 0. The molecule has 0 heteroatoms. The van der Waals surface area contributed by atoms with E-state index in [4.69, 9.17) is 0 Å². The molecule has 1 rings (SSSR count). The molecule has 0 aromatic heterocycles. The largest absolute Gasteiger partial charge is 0.0654 e. The number of hydrogen-bond donors (Lipinski definition) is 0. The number of rotatable bonds is 7. The first-order chi connectivity index (χ1) is 8.57. The Bertz CT molecular complexity index is 348. The van der Waals surface area contributed by atoms with E-state index in [9.17, 15) is 0 Å². The van der Waals surface area contributed by atoms with Gasteiger partial charge in [0.15, 0.2) is 0 Å². The van der Waals surface area contributed by atoms with Gasteiger partial charge in [0.2, 0.25) is 0 Å². The Morgan fingerprint density at radius 3 is 1.78 bits per heavy atom. The van der Waals surface area contributed by atoms with E-state index in [-0.39, 0.29) is 0 Å². The predicted octanol–water partition coefficient (Wildman–Crippen LogP) is 5.82. The summed E-state index contributed by atoms with van der Waals surface area (Å²) >= 11 is 0. The van der Waals surface area contributed by atoms with Crippen molar-refractivity contribution in [2.75, 3.05) is 0 Å². The van der Waals surface area contributed by atoms with Crippen molar-refractivity contribution in [2.24, 2.45) is 0 Å². The predicted molar refractivity (Wildman–Crippen MR) is 82.5 cm³/mol. The lowest BCUT2D eigenvalue weighted by atomic mass is 9.91. The summed E-state index contributed by atoms with van der Waals surface area (Å²) in [6, 6.07) is 2.33. The smallest absolute Gasteiger partial charge is 0.0273 e. The van der Waals surface area contributed by atoms with Crippen molar-refractivity contribution in [1.29, 1.82) is 0 Å². The molecule has 0 bridgehead atoms. The lowest BCUT2D eigenvalue weighted by Crippen LogP contribution is -1.99. The van der Waals surface area contributed by atoms with Crippen LogP contribution in [0.15, 0.2) is 6.07 Å². The van der Waals surface area contributed by atoms with Gasteiger partial charge in [-0.05, 0) is 68.4 Å². The molecule has 0 aliphatic carbocycles. The fourth-order valence-electron chi connectivity index (χ4n) is 2.76. The topological polar surface area (TPSA) is 0 Å². The van der Waals surface area contributed by atoms with Gasteiger partial charge in [-0.2, -0.15) is 0 Å². The Morgan fingerprint density at radius 1 is 0.722 bits per heavy atom. The minimum atomic E-state index is 1.27. The van der Waals surface area contributed by atoms with Gasteiger partial charge in [0.25, 0.3) is 0 Å². The normalized spacial score (nSPS) is 10.9. The molecule has 0 heterocycles. The van der Waals surface area contributed by atoms with E-state index in [1.54, 1.807) is 5.56 Å². The highest BCUT2D eigenvalue weighted by Gasteiger charge is 2.07. The van der Waals surface area contributed by atoms with Crippen LogP contribution in [0.1, 0.15) is 73.3 Å². The maximum Gasteiger partial charge on any atom is -0.0273 e. The van der Waals surface area contributed by atoms with Gasteiger partial charge in [-0.3, -0.25) is 0 Å². The summed E-state index contributed by atoms with van der Waals surface area (Å²) in [5.41, 5.74) is 7.57. The molecular weight excluding hydrogens is 216 g/mol. The second kappa shape index (κ2) is 7.61. The maximum absolute atomic E-state index is 2.33. The van der Waals surface area contributed by atoms with Crippen LogP contribution in [0.2, 0.25) is 0 Å². The van der Waals surface area contributed by atoms with E-state index < -0.39 is 0 Å². The Morgan fingerprint density at radius 2 is 1.22 bits per heavy atom. The van der Waals surface area contributed by atoms with Crippen molar-refractivity contribution in [2.45, 2.75) is 79.6 Å². The first-order valence-corrected chi connectivity index (χ1v) is 7.64. The lowest BCUT2D eigenvalue weighted by molar-refractivity contribution is 0.606. The average Bonchev–Trinajstić information content (AvgIpc) is 2.35. The van der Waals surface area contributed by atoms with Crippen LogP contribution in [0.3, 0.4) is 0 Å². The molecule has 102 valence electrons. The summed E-state index contributed by atoms with van der Waals surface area (Å²) in [6.07, 6.45) is 9.60. The molecule has 0 spiro atoms. The minimum Gasteiger partial charge on any atom is -0.0654 e. The number of unbranched alkanes of at least 4 members (excludes halogenated alkanes) is 5. The van der Waals surface area contributed by atoms with Crippen LogP contribution in [0.5, 0.6) is 0 Å². The first-order valence-electron chi connectivity index (χ1n) is 7.64. The minimum absolute atomic E-state index is 1.27. The van der Waals surface area contributed by atoms with Gasteiger partial charge < -0.3 is 0 Å². The van der Waals surface area contributed by atoms with Crippen LogP contribution in [0.4, 0.5) is 0 Å². The molecule has 0 aliphatic rings. The van der Waals surface area contributed by atoms with Gasteiger partial charge in [-0.15, -0.1) is 0 Å². The standard InChI is InChI=1S/C18H30/c1-6-7-8-9-10-11-12-18-16(4)14(2)13-15(3)17(18)5/h13H,6-12H2,1-5H3. The molecule has 0 amide bonds. The van der Waals surface area contributed by atoms with Crippen LogP contribution >= 0.6 is 0 Å². The summed E-state index contributed by atoms with van der Waals surface area (Å²) in [5.74, 6) is 0. The highest BCUT2D eigenvalue weighted by molar-refractivity contribution is 5.43. The number of hydrogen-bond acceptors (Lipinski definition) is 0. The van der Waals surface area contributed by atoms with Crippen LogP contribution in [-0.4, -0.2) is 0 Å². The average molecular weight is 246 g/mol. The second-order valence-electron chi connectivity index (χ2n) is 5.76. The molecule has 0 nitrogen and oxygen atoms in total. The summed E-state index contributed by atoms with van der Waals surface area (Å²) in [4.78, 5) is 0. The monoisotopic (exact) mass is 246 g/mol. The molecule has 1 aromatic rings. The quantitative estimate of drug-likeness (QED) is 0.531. The van der Waals surface area contributed by atoms with Crippen LogP contribution < -0.4 is 0 Å². The molecule has 0 fully saturated rings. The Balaban J connectivity index is 2.52. The zero-order valence-corrected chi connectivity index (χ0v) is 13.0. The molecule has 0 saturated heterocycles. The van der Waals surface area contributed by atoms with Crippen molar-refractivity contribution in [3.8, 4) is 0 Å². The third-order valence-electron chi connectivity index (χ3n) is 4.30. The molecule has 0 aliphatic heterocycles. The van der Waals surface area contributed by atoms with E-state index >= 15 is 0 Å². The van der Waals surface area contributed by atoms with Gasteiger partial charge in [-0.1, -0.05) is 45.1 Å². The molecule has 1 aromatic carbocycles. The lowest BCUT2D eigenvalue weighted by Gasteiger charge is -2.15. The van der Waals surface area contributed by atoms with Gasteiger partial charge in [0, 0.05) is 0 Å². The fraction of sp³-hybridized carbons (Fsp3) is 0.667. The third-order valence-corrected chi connectivity index (χ3v) is 4.30. The molecule has 0 unspecified atom stereocenters. The molecule has 0 atom stereocenters. The van der Waals surface area contributed by atoms with Gasteiger partial charge in [0.1, 0.15) is 0 Å². The Kier molecular flexibility index (Phi) is 6.46. The van der Waals surface area contributed by atoms with E-state index in [0.717, 1.165) is 0 Å². The van der Waals surface area contributed by atoms with E-state index in [2.05, 4.69) is 40.7 Å².